The van der Waals surface area contributed by atoms with Crippen molar-refractivity contribution < 1.29 is 4.79 Å². The van der Waals surface area contributed by atoms with Gasteiger partial charge in [0.15, 0.2) is 11.3 Å². The van der Waals surface area contributed by atoms with E-state index < -0.39 is 0 Å². The van der Waals surface area contributed by atoms with Crippen LogP contribution in [0.15, 0.2) is 64.7 Å². The molecular formula is C19H13BrClN3OS. The highest BCUT2D eigenvalue weighted by atomic mass is 79.9. The van der Waals surface area contributed by atoms with Gasteiger partial charge >= 0.3 is 0 Å². The number of fused-ring (bicyclic) bond motifs is 1. The Kier molecular flexibility index (Phi) is 4.80. The van der Waals surface area contributed by atoms with Crippen LogP contribution < -0.4 is 5.32 Å². The van der Waals surface area contributed by atoms with Gasteiger partial charge in [-0.25, -0.2) is 4.98 Å². The van der Waals surface area contributed by atoms with Gasteiger partial charge in [-0.05, 0) is 44.6 Å². The summed E-state index contributed by atoms with van der Waals surface area (Å²) >= 11 is 11.5. The molecule has 0 spiro atoms. The first-order valence-corrected chi connectivity index (χ1v) is 9.91. The molecule has 0 aliphatic rings. The van der Waals surface area contributed by atoms with Crippen LogP contribution in [0.2, 0.25) is 5.02 Å². The molecule has 0 radical (unpaired) electrons. The third-order valence-electron chi connectivity index (χ3n) is 3.94. The van der Waals surface area contributed by atoms with Crippen molar-refractivity contribution in [1.29, 1.82) is 0 Å². The number of imidazole rings is 1. The molecule has 4 nitrogen and oxygen atoms in total. The van der Waals surface area contributed by atoms with Gasteiger partial charge in [0.1, 0.15) is 4.60 Å². The molecule has 1 aromatic carbocycles. The van der Waals surface area contributed by atoms with Gasteiger partial charge in [-0.3, -0.25) is 9.20 Å². The van der Waals surface area contributed by atoms with E-state index in [-0.39, 0.29) is 5.91 Å². The van der Waals surface area contributed by atoms with Gasteiger partial charge in [-0.15, -0.1) is 11.3 Å². The number of halogens is 2. The number of carbonyl (C=O) groups is 1. The number of carbonyl (C=O) groups excluding carboxylic acids is 1. The van der Waals surface area contributed by atoms with Crippen molar-refractivity contribution in [2.24, 2.45) is 0 Å². The highest BCUT2D eigenvalue weighted by Gasteiger charge is 2.19. The lowest BCUT2D eigenvalue weighted by Crippen LogP contribution is -2.23. The number of benzene rings is 1. The van der Waals surface area contributed by atoms with Gasteiger partial charge in [0.25, 0.3) is 5.91 Å². The number of amides is 1. The molecule has 0 aliphatic heterocycles. The van der Waals surface area contributed by atoms with Crippen molar-refractivity contribution in [3.05, 3.63) is 80.3 Å². The molecule has 0 unspecified atom stereocenters. The summed E-state index contributed by atoms with van der Waals surface area (Å²) in [5, 5.41) is 5.36. The molecule has 0 saturated carbocycles. The number of aromatic nitrogens is 2. The molecule has 0 saturated heterocycles. The Labute approximate surface area is 167 Å². The number of pyridine rings is 1. The Morgan fingerprint density at radius 2 is 2.00 bits per heavy atom. The van der Waals surface area contributed by atoms with Gasteiger partial charge in [-0.1, -0.05) is 48.0 Å². The standard InChI is InChI=1S/C19H13BrClN3OS/c20-17-16(19(25)22-10-14-7-4-8-26-14)23-18-15(21)9-13(11-24(17)18)12-5-2-1-3-6-12/h1-9,11H,10H2,(H,22,25). The van der Waals surface area contributed by atoms with Crippen molar-refractivity contribution in [1.82, 2.24) is 14.7 Å². The Morgan fingerprint density at radius 1 is 1.19 bits per heavy atom. The molecule has 7 heteroatoms. The van der Waals surface area contributed by atoms with E-state index in [0.29, 0.717) is 27.5 Å². The zero-order chi connectivity index (χ0) is 18.1. The molecule has 0 fully saturated rings. The third kappa shape index (κ3) is 3.28. The van der Waals surface area contributed by atoms with E-state index in [1.807, 2.05) is 60.1 Å². The van der Waals surface area contributed by atoms with Crippen LogP contribution in [-0.4, -0.2) is 15.3 Å². The number of nitrogens with one attached hydrogen (secondary N) is 1. The van der Waals surface area contributed by atoms with Crippen molar-refractivity contribution in [2.75, 3.05) is 0 Å². The first kappa shape index (κ1) is 17.3. The number of hydrogen-bond donors (Lipinski definition) is 1. The first-order chi connectivity index (χ1) is 12.6. The van der Waals surface area contributed by atoms with Crippen molar-refractivity contribution in [2.45, 2.75) is 6.54 Å². The second-order valence-electron chi connectivity index (χ2n) is 5.65. The summed E-state index contributed by atoms with van der Waals surface area (Å²) in [5.41, 5.74) is 2.85. The van der Waals surface area contributed by atoms with Gasteiger partial charge in [0, 0.05) is 11.1 Å². The smallest absolute Gasteiger partial charge is 0.273 e. The second-order valence-corrected chi connectivity index (χ2v) is 7.84. The predicted molar refractivity (Wildman–Crippen MR) is 109 cm³/mol. The number of thiophene rings is 1. The summed E-state index contributed by atoms with van der Waals surface area (Å²) in [4.78, 5) is 18.0. The zero-order valence-corrected chi connectivity index (χ0v) is 16.6. The first-order valence-electron chi connectivity index (χ1n) is 7.86. The van der Waals surface area contributed by atoms with Gasteiger partial charge in [-0.2, -0.15) is 0 Å². The van der Waals surface area contributed by atoms with Crippen LogP contribution in [0.4, 0.5) is 0 Å². The monoisotopic (exact) mass is 445 g/mol. The molecule has 1 N–H and O–H groups in total. The second kappa shape index (κ2) is 7.23. The molecule has 4 rings (SSSR count). The molecular weight excluding hydrogens is 434 g/mol. The lowest BCUT2D eigenvalue weighted by atomic mass is 10.1. The normalized spacial score (nSPS) is 11.0. The highest BCUT2D eigenvalue weighted by Crippen LogP contribution is 2.29. The lowest BCUT2D eigenvalue weighted by molar-refractivity contribution is 0.0946. The number of nitrogens with zero attached hydrogens (tertiary/aromatic N) is 2. The van der Waals surface area contributed by atoms with Crippen LogP contribution in [0.1, 0.15) is 15.4 Å². The quantitative estimate of drug-likeness (QED) is 0.456. The van der Waals surface area contributed by atoms with Gasteiger partial charge in [0.05, 0.1) is 11.6 Å². The molecule has 130 valence electrons. The van der Waals surface area contributed by atoms with Gasteiger partial charge in [0.2, 0.25) is 0 Å². The van der Waals surface area contributed by atoms with Crippen LogP contribution >= 0.6 is 38.9 Å². The highest BCUT2D eigenvalue weighted by molar-refractivity contribution is 9.10. The fraction of sp³-hybridized carbons (Fsp3) is 0.0526. The minimum absolute atomic E-state index is 0.244. The van der Waals surface area contributed by atoms with Crippen LogP contribution in [0.5, 0.6) is 0 Å². The summed E-state index contributed by atoms with van der Waals surface area (Å²) < 4.78 is 2.38. The predicted octanol–water partition coefficient (Wildman–Crippen LogP) is 5.41. The Bertz CT molecular complexity index is 1080. The maximum Gasteiger partial charge on any atom is 0.273 e. The van der Waals surface area contributed by atoms with E-state index in [4.69, 9.17) is 11.6 Å². The van der Waals surface area contributed by atoms with Crippen LogP contribution in [0, 0.1) is 0 Å². The molecule has 26 heavy (non-hydrogen) atoms. The maximum atomic E-state index is 12.5. The van der Waals surface area contributed by atoms with Crippen LogP contribution in [0.3, 0.4) is 0 Å². The maximum absolute atomic E-state index is 12.5. The number of hydrogen-bond acceptors (Lipinski definition) is 3. The number of rotatable bonds is 4. The Morgan fingerprint density at radius 3 is 2.73 bits per heavy atom. The summed E-state index contributed by atoms with van der Waals surface area (Å²) in [6.45, 7) is 0.472. The van der Waals surface area contributed by atoms with Crippen LogP contribution in [-0.2, 0) is 6.54 Å². The van der Waals surface area contributed by atoms with Gasteiger partial charge < -0.3 is 5.32 Å². The largest absolute Gasteiger partial charge is 0.346 e. The fourth-order valence-electron chi connectivity index (χ4n) is 2.67. The van der Waals surface area contributed by atoms with E-state index >= 15 is 0 Å². The SMILES string of the molecule is O=C(NCc1cccs1)c1nc2c(Cl)cc(-c3ccccc3)cn2c1Br. The minimum atomic E-state index is -0.244. The summed E-state index contributed by atoms with van der Waals surface area (Å²) in [7, 11) is 0. The van der Waals surface area contributed by atoms with Crippen molar-refractivity contribution in [3.63, 3.8) is 0 Å². The van der Waals surface area contributed by atoms with Crippen molar-refractivity contribution >= 4 is 50.4 Å². The van der Waals surface area contributed by atoms with E-state index in [1.165, 1.54) is 0 Å². The molecule has 0 aliphatic carbocycles. The third-order valence-corrected chi connectivity index (χ3v) is 5.85. The summed E-state index contributed by atoms with van der Waals surface area (Å²) in [6.07, 6.45) is 1.92. The van der Waals surface area contributed by atoms with Crippen LogP contribution in [0.25, 0.3) is 16.8 Å². The Hall–Kier alpha value is -2.15. The molecule has 0 atom stereocenters. The van der Waals surface area contributed by atoms with E-state index in [9.17, 15) is 4.79 Å². The molecule has 3 aromatic heterocycles. The molecule has 3 heterocycles. The summed E-state index contributed by atoms with van der Waals surface area (Å²) in [5.74, 6) is -0.244. The topological polar surface area (TPSA) is 46.4 Å². The zero-order valence-electron chi connectivity index (χ0n) is 13.4. The molecule has 4 aromatic rings. The van der Waals surface area contributed by atoms with E-state index in [2.05, 4.69) is 26.2 Å². The van der Waals surface area contributed by atoms with E-state index in [1.54, 1.807) is 15.7 Å². The Balaban J connectivity index is 1.70. The lowest BCUT2D eigenvalue weighted by Gasteiger charge is -2.05. The molecule has 0 bridgehead atoms. The molecule has 1 amide bonds. The fourth-order valence-corrected chi connectivity index (χ4v) is 4.11. The average molecular weight is 447 g/mol. The van der Waals surface area contributed by atoms with Crippen molar-refractivity contribution in [3.8, 4) is 11.1 Å². The van der Waals surface area contributed by atoms with E-state index in [0.717, 1.165) is 16.0 Å². The average Bonchev–Trinajstić information content (AvgIpc) is 3.29. The minimum Gasteiger partial charge on any atom is -0.346 e. The summed E-state index contributed by atoms with van der Waals surface area (Å²) in [6, 6.07) is 15.7.